The topological polar surface area (TPSA) is 161 Å². The molecule has 14 nitrogen and oxygen atoms in total. The first-order chi connectivity index (χ1) is 29.9. The molecule has 64 heavy (non-hydrogen) atoms. The van der Waals surface area contributed by atoms with Gasteiger partial charge in [-0.2, -0.15) is 0 Å². The summed E-state index contributed by atoms with van der Waals surface area (Å²) in [5.74, 6) is 0.0383. The Labute approximate surface area is 413 Å². The number of esters is 2. The van der Waals surface area contributed by atoms with E-state index < -0.39 is 11.2 Å². The second-order valence-electron chi connectivity index (χ2n) is 17.9. The molecule has 0 radical (unpaired) electrons. The molecule has 0 atom stereocenters. The molecule has 17 heteroatoms. The van der Waals surface area contributed by atoms with E-state index in [2.05, 4.69) is 51.8 Å². The van der Waals surface area contributed by atoms with Crippen molar-refractivity contribution in [2.24, 2.45) is 0 Å². The van der Waals surface area contributed by atoms with Crippen LogP contribution in [-0.2, 0) is 45.1 Å². The van der Waals surface area contributed by atoms with Crippen molar-refractivity contribution in [1.29, 1.82) is 0 Å². The van der Waals surface area contributed by atoms with Crippen LogP contribution in [0.5, 0.6) is 0 Å². The number of nitrogens with zero attached hydrogens (tertiary/aromatic N) is 3. The van der Waals surface area contributed by atoms with Crippen LogP contribution in [0.1, 0.15) is 112 Å². The van der Waals surface area contributed by atoms with E-state index in [4.69, 9.17) is 19.3 Å². The number of carbonyl (C=O) groups excluding carboxylic acids is 5. The van der Waals surface area contributed by atoms with Crippen LogP contribution in [-0.4, -0.2) is 120 Å². The van der Waals surface area contributed by atoms with Crippen molar-refractivity contribution in [3.63, 3.8) is 0 Å². The van der Waals surface area contributed by atoms with Gasteiger partial charge in [-0.15, -0.1) is 13.1 Å². The van der Waals surface area contributed by atoms with Gasteiger partial charge in [0.05, 0.1) is 32.0 Å². The predicted molar refractivity (Wildman–Crippen MR) is 258 cm³/mol. The van der Waals surface area contributed by atoms with Crippen molar-refractivity contribution in [3.05, 3.63) is 111 Å². The molecule has 3 aromatic carbocycles. The van der Waals surface area contributed by atoms with Crippen LogP contribution in [0.3, 0.4) is 0 Å². The number of hydrogen-bond donors (Lipinski definition) is 1. The molecule has 3 aliphatic rings. The zero-order valence-electron chi connectivity index (χ0n) is 38.9. The first-order valence-corrected chi connectivity index (χ1v) is 30.8. The number of methoxy groups -OCH3 is 2. The third kappa shape index (κ3) is 20.3. The number of amides is 3. The van der Waals surface area contributed by atoms with Crippen LogP contribution in [0.4, 0.5) is 14.4 Å². The van der Waals surface area contributed by atoms with Crippen LogP contribution in [0, 0.1) is 9.99 Å². The molecule has 3 heterocycles. The number of rotatable bonds is 5. The Hall–Kier alpha value is -3.55. The fourth-order valence-electron chi connectivity index (χ4n) is 5.67. The fourth-order valence-corrected chi connectivity index (χ4v) is 6.03. The van der Waals surface area contributed by atoms with Crippen molar-refractivity contribution in [2.45, 2.75) is 97.6 Å². The van der Waals surface area contributed by atoms with Gasteiger partial charge in [0.1, 0.15) is 16.8 Å². The summed E-state index contributed by atoms with van der Waals surface area (Å²) in [6, 6.07) is 22.4. The molecule has 0 saturated carbocycles. The van der Waals surface area contributed by atoms with Gasteiger partial charge in [0.25, 0.3) is 0 Å². The third-order valence-electron chi connectivity index (χ3n) is 9.12. The van der Waals surface area contributed by atoms with Crippen molar-refractivity contribution >= 4 is 72.6 Å². The van der Waals surface area contributed by atoms with Crippen molar-refractivity contribution in [3.8, 4) is 0 Å². The second kappa shape index (κ2) is 26.6. The summed E-state index contributed by atoms with van der Waals surface area (Å²) in [5, 5.41) is 8.99. The zero-order valence-corrected chi connectivity index (χ0v) is 46.2. The summed E-state index contributed by atoms with van der Waals surface area (Å²) in [5.41, 5.74) is 3.08. The van der Waals surface area contributed by atoms with Crippen molar-refractivity contribution in [2.75, 3.05) is 53.5 Å². The standard InChI is InChI=1S/C16H21NO4.C15H21NO3.C8H7IO2.C8H14NO2.HI.Zn/c1-16(2,3)21-15(19)17-9-13(10-17)11-5-7-12(8-6-11)14(18)20-4;1-15(2,3)19-14(18)16-8-13(9-16)12-6-4-11(10-17)5-7-12;1-11-8(10)6-2-4-7(9)5-3-6;1-8(2,3)11-7(10)9-5-4-6-9;;/h5-8,13H,9-10H2,1-4H3;4-7,13,17H,8-10H2,1-3H3;2-5H,1H3;4H,5-6H2,1-3H3;1H;/q;;;-1;;+2/p-1. The average Bonchev–Trinajstić information content (AvgIpc) is 3.16. The summed E-state index contributed by atoms with van der Waals surface area (Å²) in [6.07, 6.45) is 1.31. The molecule has 0 spiro atoms. The summed E-state index contributed by atoms with van der Waals surface area (Å²) in [7, 11) is 2.74. The van der Waals surface area contributed by atoms with E-state index in [1.807, 2.05) is 117 Å². The van der Waals surface area contributed by atoms with Crippen molar-refractivity contribution in [1.82, 2.24) is 14.7 Å². The molecule has 3 aliphatic heterocycles. The third-order valence-corrected chi connectivity index (χ3v) is 9.84. The first kappa shape index (κ1) is 56.6. The maximum absolute atomic E-state index is 11.8. The van der Waals surface area contributed by atoms with Crippen LogP contribution in [0.25, 0.3) is 0 Å². The van der Waals surface area contributed by atoms with E-state index in [-0.39, 0.29) is 42.4 Å². The van der Waals surface area contributed by atoms with Crippen LogP contribution < -0.4 is 0 Å². The van der Waals surface area contributed by atoms with E-state index >= 15 is 0 Å². The minimum atomic E-state index is -0.468. The van der Waals surface area contributed by atoms with E-state index in [1.54, 1.807) is 39.0 Å². The number of aliphatic hydroxyl groups excluding tert-OH is 1. The molecule has 0 unspecified atom stereocenters. The fraction of sp³-hybridized carbons (Fsp3) is 0.489. The average molecular weight is 1170 g/mol. The Balaban J connectivity index is 0.000000301. The molecule has 3 amide bonds. The van der Waals surface area contributed by atoms with Gasteiger partial charge in [0, 0.05) is 41.6 Å². The van der Waals surface area contributed by atoms with E-state index in [0.29, 0.717) is 49.1 Å². The van der Waals surface area contributed by atoms with Crippen LogP contribution in [0.2, 0.25) is 0 Å². The molecule has 3 aromatic rings. The Kier molecular flexibility index (Phi) is 23.5. The van der Waals surface area contributed by atoms with Gasteiger partial charge in [-0.25, -0.2) is 24.0 Å². The number of ether oxygens (including phenoxy) is 5. The Morgan fingerprint density at radius 2 is 0.891 bits per heavy atom. The molecule has 3 fully saturated rings. The molecule has 348 valence electrons. The summed E-state index contributed by atoms with van der Waals surface area (Å²) >= 11 is 5.80. The molecular weight excluding hydrogens is 1100 g/mol. The quantitative estimate of drug-likeness (QED) is 0.0852. The van der Waals surface area contributed by atoms with Gasteiger partial charge < -0.3 is 43.5 Å². The normalized spacial score (nSPS) is 14.5. The minimum absolute atomic E-state index is 0.0645. The Bertz CT molecular complexity index is 1930. The van der Waals surface area contributed by atoms with Gasteiger partial charge in [-0.05, 0) is 138 Å². The van der Waals surface area contributed by atoms with E-state index in [9.17, 15) is 24.0 Å². The SMILES string of the molecule is CC(C)(C)OC(=O)N1CC(c2ccc(CO)cc2)C1.CC(C)(C)OC(=O)N1C[CH-]C1.COC(=O)c1ccc(C2CN(C(=O)OC(C)(C)C)C2)cc1.COC(=O)c1ccc(I)cc1.[Zn+][I]. The van der Waals surface area contributed by atoms with Gasteiger partial charge >= 0.3 is 64.8 Å². The molecule has 0 aliphatic carbocycles. The van der Waals surface area contributed by atoms with Crippen LogP contribution in [0.15, 0.2) is 72.8 Å². The molecule has 6 rings (SSSR count). The maximum atomic E-state index is 11.8. The van der Waals surface area contributed by atoms with Gasteiger partial charge in [0.15, 0.2) is 0 Å². The number of halogens is 2. The molecule has 3 saturated heterocycles. The Morgan fingerprint density at radius 3 is 1.17 bits per heavy atom. The summed E-state index contributed by atoms with van der Waals surface area (Å²) in [4.78, 5) is 62.1. The number of carbonyl (C=O) groups is 5. The predicted octanol–water partition coefficient (Wildman–Crippen LogP) is 9.72. The number of hydrogen-bond acceptors (Lipinski definition) is 11. The monoisotopic (exact) mass is 1160 g/mol. The molecule has 0 aromatic heterocycles. The first-order valence-electron chi connectivity index (χ1n) is 20.7. The summed E-state index contributed by atoms with van der Waals surface area (Å²) in [6.45, 7) is 21.0. The van der Waals surface area contributed by atoms with Gasteiger partial charge in [0.2, 0.25) is 0 Å². The number of benzene rings is 3. The van der Waals surface area contributed by atoms with Crippen LogP contribution >= 0.6 is 42.3 Å². The van der Waals surface area contributed by atoms with E-state index in [0.717, 1.165) is 27.8 Å². The number of likely N-dealkylation sites (tertiary alicyclic amines) is 3. The second-order valence-corrected chi connectivity index (χ2v) is 19.1. The van der Waals surface area contributed by atoms with E-state index in [1.165, 1.54) is 34.6 Å². The molecule has 0 bridgehead atoms. The summed E-state index contributed by atoms with van der Waals surface area (Å²) < 4.78 is 26.0. The molecular formula is C47H63I2N3O11Zn. The van der Waals surface area contributed by atoms with Gasteiger partial charge in [-0.1, -0.05) is 36.4 Å². The van der Waals surface area contributed by atoms with Crippen molar-refractivity contribution < 1.29 is 67.6 Å². The zero-order chi connectivity index (χ0) is 48.4. The number of aliphatic hydroxyl groups is 1. The molecule has 1 N–H and O–H groups in total. The Morgan fingerprint density at radius 1 is 0.578 bits per heavy atom. The van der Waals surface area contributed by atoms with Gasteiger partial charge in [-0.3, -0.25) is 6.42 Å².